The van der Waals surface area contributed by atoms with E-state index in [-0.39, 0.29) is 12.1 Å². The van der Waals surface area contributed by atoms with Gasteiger partial charge in [-0.05, 0) is 43.2 Å². The van der Waals surface area contributed by atoms with E-state index in [1.165, 1.54) is 5.56 Å². The van der Waals surface area contributed by atoms with E-state index in [1.807, 2.05) is 30.3 Å². The van der Waals surface area contributed by atoms with E-state index < -0.39 is 0 Å². The smallest absolute Gasteiger partial charge is 0.118 e. The topological polar surface area (TPSA) is 21.3 Å². The molecule has 0 saturated carbocycles. The summed E-state index contributed by atoms with van der Waals surface area (Å²) in [7, 11) is 1.68. The Balaban J connectivity index is 2.06. The number of hydrogen-bond acceptors (Lipinski definition) is 2. The number of halogens is 1. The highest BCUT2D eigenvalue weighted by Crippen LogP contribution is 2.25. The van der Waals surface area contributed by atoms with Crippen molar-refractivity contribution in [2.75, 3.05) is 7.11 Å². The predicted octanol–water partition coefficient (Wildman–Crippen LogP) is 4.76. The third-order valence-corrected chi connectivity index (χ3v) is 3.83. The van der Waals surface area contributed by atoms with Gasteiger partial charge in [0.15, 0.2) is 0 Å². The summed E-state index contributed by atoms with van der Waals surface area (Å²) < 4.78 is 5.18. The Morgan fingerprint density at radius 3 is 2.20 bits per heavy atom. The van der Waals surface area contributed by atoms with Crippen LogP contribution in [0.15, 0.2) is 48.5 Å². The highest BCUT2D eigenvalue weighted by atomic mass is 35.5. The van der Waals surface area contributed by atoms with Gasteiger partial charge in [0.05, 0.1) is 7.11 Å². The average molecular weight is 290 g/mol. The van der Waals surface area contributed by atoms with Gasteiger partial charge < -0.3 is 10.1 Å². The number of ether oxygens (including phenoxy) is 1. The molecule has 3 heteroatoms. The zero-order chi connectivity index (χ0) is 14.5. The Morgan fingerprint density at radius 1 is 0.950 bits per heavy atom. The van der Waals surface area contributed by atoms with E-state index in [9.17, 15) is 0 Å². The van der Waals surface area contributed by atoms with Crippen LogP contribution >= 0.6 is 11.6 Å². The fourth-order valence-electron chi connectivity index (χ4n) is 2.28. The van der Waals surface area contributed by atoms with Gasteiger partial charge in [-0.1, -0.05) is 41.9 Å². The van der Waals surface area contributed by atoms with Crippen molar-refractivity contribution in [3.8, 4) is 5.75 Å². The van der Waals surface area contributed by atoms with Crippen molar-refractivity contribution in [1.82, 2.24) is 5.32 Å². The molecular formula is C17H20ClNO. The molecule has 106 valence electrons. The average Bonchev–Trinajstić information content (AvgIpc) is 2.47. The Hall–Kier alpha value is -1.51. The minimum Gasteiger partial charge on any atom is -0.497 e. The van der Waals surface area contributed by atoms with Gasteiger partial charge in [-0.25, -0.2) is 0 Å². The molecule has 2 atom stereocenters. The molecule has 0 aliphatic rings. The van der Waals surface area contributed by atoms with Gasteiger partial charge in [-0.2, -0.15) is 0 Å². The Kier molecular flexibility index (Phi) is 5.05. The standard InChI is InChI=1S/C17H20ClNO/c1-12(14-8-10-15(20-3)11-9-14)19-13(2)16-6-4-5-7-17(16)18/h4-13,19H,1-3H3/t12-,13?/m1/s1. The fourth-order valence-corrected chi connectivity index (χ4v) is 2.58. The molecule has 1 N–H and O–H groups in total. The van der Waals surface area contributed by atoms with E-state index in [2.05, 4.69) is 37.4 Å². The lowest BCUT2D eigenvalue weighted by Gasteiger charge is -2.21. The van der Waals surface area contributed by atoms with Crippen LogP contribution in [0.4, 0.5) is 0 Å². The lowest BCUT2D eigenvalue weighted by atomic mass is 10.0. The zero-order valence-electron chi connectivity index (χ0n) is 12.1. The quantitative estimate of drug-likeness (QED) is 0.857. The van der Waals surface area contributed by atoms with E-state index in [0.29, 0.717) is 0 Å². The molecule has 2 nitrogen and oxygen atoms in total. The van der Waals surface area contributed by atoms with E-state index in [1.54, 1.807) is 7.11 Å². The summed E-state index contributed by atoms with van der Waals surface area (Å²) >= 11 is 6.23. The van der Waals surface area contributed by atoms with E-state index in [0.717, 1.165) is 16.3 Å². The number of benzene rings is 2. The molecule has 2 rings (SSSR count). The summed E-state index contributed by atoms with van der Waals surface area (Å²) in [5.74, 6) is 0.875. The summed E-state index contributed by atoms with van der Waals surface area (Å²) in [6.07, 6.45) is 0. The first-order chi connectivity index (χ1) is 9.61. The Bertz CT molecular complexity index is 553. The molecule has 0 amide bonds. The summed E-state index contributed by atoms with van der Waals surface area (Å²) in [5.41, 5.74) is 2.35. The summed E-state index contributed by atoms with van der Waals surface area (Å²) in [5, 5.41) is 4.37. The van der Waals surface area contributed by atoms with E-state index in [4.69, 9.17) is 16.3 Å². The zero-order valence-corrected chi connectivity index (χ0v) is 12.8. The van der Waals surface area contributed by atoms with Crippen LogP contribution in [0, 0.1) is 0 Å². The summed E-state index contributed by atoms with van der Waals surface area (Å²) in [6.45, 7) is 4.27. The second-order valence-electron chi connectivity index (χ2n) is 4.90. The molecule has 20 heavy (non-hydrogen) atoms. The van der Waals surface area contributed by atoms with Gasteiger partial charge >= 0.3 is 0 Å². The Labute approximate surface area is 125 Å². The van der Waals surface area contributed by atoms with Gasteiger partial charge in [0.1, 0.15) is 5.75 Å². The molecule has 2 aromatic rings. The van der Waals surface area contributed by atoms with Crippen LogP contribution in [0.5, 0.6) is 5.75 Å². The maximum absolute atomic E-state index is 6.23. The minimum absolute atomic E-state index is 0.195. The third kappa shape index (κ3) is 3.53. The molecular weight excluding hydrogens is 270 g/mol. The molecule has 0 heterocycles. The first-order valence-corrected chi connectivity index (χ1v) is 7.14. The normalized spacial score (nSPS) is 13.8. The van der Waals surface area contributed by atoms with Gasteiger partial charge in [-0.15, -0.1) is 0 Å². The van der Waals surface area contributed by atoms with Crippen LogP contribution in [-0.2, 0) is 0 Å². The first-order valence-electron chi connectivity index (χ1n) is 6.76. The van der Waals surface area contributed by atoms with Crippen molar-refractivity contribution in [2.45, 2.75) is 25.9 Å². The molecule has 0 aliphatic heterocycles. The first kappa shape index (κ1) is 14.9. The molecule has 0 radical (unpaired) electrons. The van der Waals surface area contributed by atoms with Gasteiger partial charge in [0, 0.05) is 17.1 Å². The molecule has 0 spiro atoms. The SMILES string of the molecule is COc1ccc([C@@H](C)NC(C)c2ccccc2Cl)cc1. The third-order valence-electron chi connectivity index (χ3n) is 3.49. The highest BCUT2D eigenvalue weighted by molar-refractivity contribution is 6.31. The van der Waals surface area contributed by atoms with Crippen LogP contribution in [0.25, 0.3) is 0 Å². The summed E-state index contributed by atoms with van der Waals surface area (Å²) in [6, 6.07) is 16.5. The van der Waals surface area contributed by atoms with E-state index >= 15 is 0 Å². The van der Waals surface area contributed by atoms with Crippen molar-refractivity contribution in [1.29, 1.82) is 0 Å². The van der Waals surface area contributed by atoms with Crippen LogP contribution < -0.4 is 10.1 Å². The molecule has 0 aromatic heterocycles. The molecule has 0 saturated heterocycles. The van der Waals surface area contributed by atoms with Crippen molar-refractivity contribution in [3.05, 3.63) is 64.7 Å². The molecule has 2 aromatic carbocycles. The van der Waals surface area contributed by atoms with Crippen molar-refractivity contribution >= 4 is 11.6 Å². The predicted molar refractivity (Wildman–Crippen MR) is 84.4 cm³/mol. The maximum Gasteiger partial charge on any atom is 0.118 e. The van der Waals surface area contributed by atoms with Crippen molar-refractivity contribution in [3.63, 3.8) is 0 Å². The van der Waals surface area contributed by atoms with Gasteiger partial charge in [-0.3, -0.25) is 0 Å². The van der Waals surface area contributed by atoms with Gasteiger partial charge in [0.2, 0.25) is 0 Å². The lowest BCUT2D eigenvalue weighted by Crippen LogP contribution is -2.22. The number of hydrogen-bond donors (Lipinski definition) is 1. The molecule has 0 bridgehead atoms. The van der Waals surface area contributed by atoms with Crippen LogP contribution in [-0.4, -0.2) is 7.11 Å². The second kappa shape index (κ2) is 6.78. The Morgan fingerprint density at radius 2 is 1.60 bits per heavy atom. The fraction of sp³-hybridized carbons (Fsp3) is 0.294. The van der Waals surface area contributed by atoms with Crippen LogP contribution in [0.3, 0.4) is 0 Å². The van der Waals surface area contributed by atoms with Crippen molar-refractivity contribution in [2.24, 2.45) is 0 Å². The second-order valence-corrected chi connectivity index (χ2v) is 5.31. The monoisotopic (exact) mass is 289 g/mol. The lowest BCUT2D eigenvalue weighted by molar-refractivity contribution is 0.414. The van der Waals surface area contributed by atoms with Crippen LogP contribution in [0.1, 0.15) is 37.1 Å². The summed E-state index contributed by atoms with van der Waals surface area (Å²) in [4.78, 5) is 0. The molecule has 0 aliphatic carbocycles. The largest absolute Gasteiger partial charge is 0.497 e. The van der Waals surface area contributed by atoms with Crippen LogP contribution in [0.2, 0.25) is 5.02 Å². The molecule has 0 fully saturated rings. The number of methoxy groups -OCH3 is 1. The molecule has 1 unspecified atom stereocenters. The minimum atomic E-state index is 0.195. The number of nitrogens with one attached hydrogen (secondary N) is 1. The van der Waals surface area contributed by atoms with Crippen molar-refractivity contribution < 1.29 is 4.74 Å². The highest BCUT2D eigenvalue weighted by Gasteiger charge is 2.13. The maximum atomic E-state index is 6.23. The number of rotatable bonds is 5. The van der Waals surface area contributed by atoms with Gasteiger partial charge in [0.25, 0.3) is 0 Å².